The summed E-state index contributed by atoms with van der Waals surface area (Å²) in [5.41, 5.74) is 0. The van der Waals surface area contributed by atoms with E-state index in [9.17, 15) is 9.18 Å². The van der Waals surface area contributed by atoms with Crippen molar-refractivity contribution < 1.29 is 9.18 Å². The molecule has 122 valence electrons. The Morgan fingerprint density at radius 2 is 2.09 bits per heavy atom. The number of amides is 1. The van der Waals surface area contributed by atoms with Crippen LogP contribution in [0.5, 0.6) is 0 Å². The molecule has 0 unspecified atom stereocenters. The van der Waals surface area contributed by atoms with Gasteiger partial charge < -0.3 is 10.2 Å². The molecule has 1 amide bonds. The third-order valence-electron chi connectivity index (χ3n) is 4.01. The highest BCUT2D eigenvalue weighted by Gasteiger charge is 2.24. The number of nitrogens with one attached hydrogen (secondary N) is 1. The number of likely N-dealkylation sites (tertiary alicyclic amines) is 1. The number of carbonyl (C=O) groups excluding carboxylic acids is 1. The number of halogens is 1. The molecule has 0 aliphatic carbocycles. The molecule has 22 heavy (non-hydrogen) atoms. The van der Waals surface area contributed by atoms with Crippen LogP contribution in [0.15, 0.2) is 29.2 Å². The Morgan fingerprint density at radius 1 is 1.36 bits per heavy atom. The zero-order chi connectivity index (χ0) is 15.8. The maximum absolute atomic E-state index is 13.5. The fourth-order valence-electron chi connectivity index (χ4n) is 2.66. The summed E-state index contributed by atoms with van der Waals surface area (Å²) in [6.45, 7) is 5.71. The van der Waals surface area contributed by atoms with E-state index < -0.39 is 0 Å². The SMILES string of the molecule is CCCNC(=O)C1CCN(CCSc2ccccc2F)CC1. The summed E-state index contributed by atoms with van der Waals surface area (Å²) < 4.78 is 13.5. The minimum atomic E-state index is -0.140. The van der Waals surface area contributed by atoms with Gasteiger partial charge in [0.25, 0.3) is 0 Å². The van der Waals surface area contributed by atoms with Crippen molar-refractivity contribution in [1.82, 2.24) is 10.2 Å². The lowest BCUT2D eigenvalue weighted by Crippen LogP contribution is -2.41. The van der Waals surface area contributed by atoms with E-state index in [2.05, 4.69) is 17.1 Å². The molecule has 1 fully saturated rings. The van der Waals surface area contributed by atoms with Crippen molar-refractivity contribution in [1.29, 1.82) is 0 Å². The molecule has 0 saturated carbocycles. The summed E-state index contributed by atoms with van der Waals surface area (Å²) in [6, 6.07) is 6.91. The molecular formula is C17H25FN2OS. The molecule has 1 aliphatic rings. The van der Waals surface area contributed by atoms with Crippen molar-refractivity contribution in [2.75, 3.05) is 31.9 Å². The molecule has 0 atom stereocenters. The van der Waals surface area contributed by atoms with E-state index >= 15 is 0 Å². The number of benzene rings is 1. The van der Waals surface area contributed by atoms with E-state index in [1.54, 1.807) is 17.8 Å². The van der Waals surface area contributed by atoms with Crippen LogP contribution in [-0.4, -0.2) is 42.7 Å². The predicted octanol–water partition coefficient (Wildman–Crippen LogP) is 3.16. The zero-order valence-corrected chi connectivity index (χ0v) is 14.0. The van der Waals surface area contributed by atoms with Crippen LogP contribution < -0.4 is 5.32 Å². The molecule has 0 spiro atoms. The van der Waals surface area contributed by atoms with Crippen molar-refractivity contribution in [3.05, 3.63) is 30.1 Å². The summed E-state index contributed by atoms with van der Waals surface area (Å²) in [7, 11) is 0. The van der Waals surface area contributed by atoms with Crippen molar-refractivity contribution >= 4 is 17.7 Å². The molecular weight excluding hydrogens is 299 g/mol. The number of hydrogen-bond donors (Lipinski definition) is 1. The van der Waals surface area contributed by atoms with Gasteiger partial charge in [0.15, 0.2) is 0 Å². The highest BCUT2D eigenvalue weighted by Crippen LogP contribution is 2.22. The second-order valence-corrected chi connectivity index (χ2v) is 6.82. The number of thioether (sulfide) groups is 1. The van der Waals surface area contributed by atoms with Gasteiger partial charge in [0, 0.05) is 29.7 Å². The first-order chi connectivity index (χ1) is 10.7. The van der Waals surface area contributed by atoms with E-state index in [-0.39, 0.29) is 17.6 Å². The highest BCUT2D eigenvalue weighted by atomic mass is 32.2. The van der Waals surface area contributed by atoms with E-state index in [1.165, 1.54) is 6.07 Å². The van der Waals surface area contributed by atoms with Crippen LogP contribution in [0.2, 0.25) is 0 Å². The average Bonchev–Trinajstić information content (AvgIpc) is 2.55. The third-order valence-corrected chi connectivity index (χ3v) is 5.04. The Balaban J connectivity index is 1.65. The van der Waals surface area contributed by atoms with Crippen LogP contribution in [0.25, 0.3) is 0 Å². The Hall–Kier alpha value is -1.07. The van der Waals surface area contributed by atoms with Gasteiger partial charge in [0.1, 0.15) is 5.82 Å². The van der Waals surface area contributed by atoms with E-state index in [4.69, 9.17) is 0 Å². The summed E-state index contributed by atoms with van der Waals surface area (Å²) in [5, 5.41) is 2.98. The van der Waals surface area contributed by atoms with Crippen LogP contribution in [0.4, 0.5) is 4.39 Å². The van der Waals surface area contributed by atoms with Crippen LogP contribution >= 0.6 is 11.8 Å². The fraction of sp³-hybridized carbons (Fsp3) is 0.588. The maximum Gasteiger partial charge on any atom is 0.223 e. The second-order valence-electron chi connectivity index (χ2n) is 5.69. The molecule has 0 aromatic heterocycles. The number of nitrogens with zero attached hydrogens (tertiary/aromatic N) is 1. The molecule has 1 aromatic rings. The van der Waals surface area contributed by atoms with E-state index in [0.29, 0.717) is 0 Å². The van der Waals surface area contributed by atoms with Crippen LogP contribution in [-0.2, 0) is 4.79 Å². The largest absolute Gasteiger partial charge is 0.356 e. The van der Waals surface area contributed by atoms with Crippen LogP contribution in [0.1, 0.15) is 26.2 Å². The first kappa shape index (κ1) is 17.3. The molecule has 1 N–H and O–H groups in total. The quantitative estimate of drug-likeness (QED) is 0.782. The van der Waals surface area contributed by atoms with Crippen molar-refractivity contribution in [2.45, 2.75) is 31.1 Å². The van der Waals surface area contributed by atoms with Gasteiger partial charge in [0.2, 0.25) is 5.91 Å². The smallest absolute Gasteiger partial charge is 0.223 e. The molecule has 0 radical (unpaired) electrons. The van der Waals surface area contributed by atoms with E-state index in [0.717, 1.165) is 56.1 Å². The van der Waals surface area contributed by atoms with Gasteiger partial charge in [-0.1, -0.05) is 19.1 Å². The first-order valence-electron chi connectivity index (χ1n) is 8.08. The number of piperidine rings is 1. The monoisotopic (exact) mass is 324 g/mol. The Kier molecular flexibility index (Phi) is 7.19. The van der Waals surface area contributed by atoms with E-state index in [1.807, 2.05) is 12.1 Å². The highest BCUT2D eigenvalue weighted by molar-refractivity contribution is 7.99. The lowest BCUT2D eigenvalue weighted by atomic mass is 9.96. The second kappa shape index (κ2) is 9.16. The Labute approximate surface area is 136 Å². The van der Waals surface area contributed by atoms with Gasteiger partial charge in [-0.2, -0.15) is 0 Å². The molecule has 1 aliphatic heterocycles. The van der Waals surface area contributed by atoms with Gasteiger partial charge in [0.05, 0.1) is 0 Å². The lowest BCUT2D eigenvalue weighted by Gasteiger charge is -2.31. The molecule has 3 nitrogen and oxygen atoms in total. The summed E-state index contributed by atoms with van der Waals surface area (Å²) in [6.07, 6.45) is 2.84. The molecule has 0 bridgehead atoms. The third kappa shape index (κ3) is 5.29. The van der Waals surface area contributed by atoms with Crippen molar-refractivity contribution in [3.63, 3.8) is 0 Å². The average molecular weight is 324 g/mol. The van der Waals surface area contributed by atoms with Crippen molar-refractivity contribution in [2.24, 2.45) is 5.92 Å². The minimum Gasteiger partial charge on any atom is -0.356 e. The summed E-state index contributed by atoms with van der Waals surface area (Å²) in [5.74, 6) is 1.12. The van der Waals surface area contributed by atoms with Gasteiger partial charge in [-0.25, -0.2) is 4.39 Å². The molecule has 1 heterocycles. The van der Waals surface area contributed by atoms with Crippen molar-refractivity contribution in [3.8, 4) is 0 Å². The summed E-state index contributed by atoms with van der Waals surface area (Å²) >= 11 is 1.56. The fourth-order valence-corrected chi connectivity index (χ4v) is 3.61. The van der Waals surface area contributed by atoms with Crippen LogP contribution in [0, 0.1) is 11.7 Å². The Morgan fingerprint density at radius 3 is 2.77 bits per heavy atom. The maximum atomic E-state index is 13.5. The normalized spacial score (nSPS) is 16.6. The van der Waals surface area contributed by atoms with Gasteiger partial charge >= 0.3 is 0 Å². The molecule has 1 saturated heterocycles. The number of rotatable bonds is 7. The van der Waals surface area contributed by atoms with Gasteiger partial charge in [-0.05, 0) is 44.5 Å². The number of hydrogen-bond acceptors (Lipinski definition) is 3. The lowest BCUT2D eigenvalue weighted by molar-refractivity contribution is -0.126. The predicted molar refractivity (Wildman–Crippen MR) is 89.6 cm³/mol. The molecule has 1 aromatic carbocycles. The summed E-state index contributed by atoms with van der Waals surface area (Å²) in [4.78, 5) is 15.0. The van der Waals surface area contributed by atoms with Gasteiger partial charge in [-0.15, -0.1) is 11.8 Å². The molecule has 5 heteroatoms. The minimum absolute atomic E-state index is 0.140. The van der Waals surface area contributed by atoms with Gasteiger partial charge in [-0.3, -0.25) is 4.79 Å². The Bertz CT molecular complexity index is 475. The first-order valence-corrected chi connectivity index (χ1v) is 9.06. The topological polar surface area (TPSA) is 32.3 Å². The number of carbonyl (C=O) groups is 1. The van der Waals surface area contributed by atoms with Crippen LogP contribution in [0.3, 0.4) is 0 Å². The molecule has 2 rings (SSSR count). The standard InChI is InChI=1S/C17H25FN2OS/c1-2-9-19-17(21)14-7-10-20(11-8-14)12-13-22-16-6-4-3-5-15(16)18/h3-6,14H,2,7-13H2,1H3,(H,19,21). The zero-order valence-electron chi connectivity index (χ0n) is 13.2.